The zero-order valence-electron chi connectivity index (χ0n) is 9.22. The van der Waals surface area contributed by atoms with Crippen molar-refractivity contribution in [1.29, 1.82) is 0 Å². The molecule has 0 radical (unpaired) electrons. The van der Waals surface area contributed by atoms with Crippen molar-refractivity contribution in [3.63, 3.8) is 0 Å². The van der Waals surface area contributed by atoms with E-state index in [0.717, 1.165) is 28.9 Å². The van der Waals surface area contributed by atoms with Crippen LogP contribution in [0.2, 0.25) is 0 Å². The highest BCUT2D eigenvalue weighted by molar-refractivity contribution is 5.77. The van der Waals surface area contributed by atoms with E-state index >= 15 is 0 Å². The molecule has 0 unspecified atom stereocenters. The van der Waals surface area contributed by atoms with E-state index in [1.54, 1.807) is 12.1 Å². The van der Waals surface area contributed by atoms with Gasteiger partial charge in [-0.2, -0.15) is 5.10 Å². The first-order valence-corrected chi connectivity index (χ1v) is 5.55. The van der Waals surface area contributed by atoms with Gasteiger partial charge in [0.15, 0.2) is 0 Å². The minimum Gasteiger partial charge on any atom is -0.507 e. The molecule has 2 aromatic rings. The smallest absolute Gasteiger partial charge is 0.125 e. The Morgan fingerprint density at radius 1 is 1.24 bits per heavy atom. The van der Waals surface area contributed by atoms with Crippen LogP contribution in [-0.2, 0) is 0 Å². The molecule has 0 aliphatic heterocycles. The summed E-state index contributed by atoms with van der Waals surface area (Å²) >= 11 is 0. The number of para-hydroxylation sites is 1. The Bertz CT molecular complexity index is 608. The van der Waals surface area contributed by atoms with Crippen molar-refractivity contribution in [3.05, 3.63) is 54.3 Å². The minimum atomic E-state index is 0.251. The molecule has 17 heavy (non-hydrogen) atoms. The number of nitrogens with one attached hydrogen (secondary N) is 1. The highest BCUT2D eigenvalue weighted by Crippen LogP contribution is 2.29. The molecule has 1 aromatic heterocycles. The fourth-order valence-electron chi connectivity index (χ4n) is 1.96. The molecule has 3 rings (SSSR count). The maximum Gasteiger partial charge on any atom is 0.125 e. The molecule has 0 atom stereocenters. The third-order valence-electron chi connectivity index (χ3n) is 2.84. The molecule has 3 heteroatoms. The van der Waals surface area contributed by atoms with Gasteiger partial charge < -0.3 is 5.11 Å². The fourth-order valence-corrected chi connectivity index (χ4v) is 1.96. The lowest BCUT2D eigenvalue weighted by atomic mass is 10.1. The van der Waals surface area contributed by atoms with Crippen molar-refractivity contribution < 1.29 is 5.11 Å². The molecular weight excluding hydrogens is 212 g/mol. The normalized spacial score (nSPS) is 14.0. The third-order valence-corrected chi connectivity index (χ3v) is 2.84. The number of H-pyrrole nitrogens is 1. The lowest BCUT2D eigenvalue weighted by molar-refractivity contribution is 0.477. The van der Waals surface area contributed by atoms with Gasteiger partial charge in [-0.25, -0.2) is 0 Å². The van der Waals surface area contributed by atoms with Crippen LogP contribution in [0, 0.1) is 0 Å². The van der Waals surface area contributed by atoms with Gasteiger partial charge in [0.05, 0.1) is 11.4 Å². The second-order valence-electron chi connectivity index (χ2n) is 3.98. The number of nitrogens with zero attached hydrogens (tertiary/aromatic N) is 1. The molecule has 2 N–H and O–H groups in total. The summed E-state index contributed by atoms with van der Waals surface area (Å²) in [4.78, 5) is 0. The fraction of sp³-hybridized carbons (Fsp3) is 0.0714. The number of rotatable bonds is 2. The summed E-state index contributed by atoms with van der Waals surface area (Å²) in [6.45, 7) is 0. The zero-order chi connectivity index (χ0) is 11.7. The van der Waals surface area contributed by atoms with Crippen molar-refractivity contribution >= 4 is 5.57 Å². The van der Waals surface area contributed by atoms with E-state index < -0.39 is 0 Å². The number of hydrogen-bond acceptors (Lipinski definition) is 2. The number of aromatic hydroxyl groups is 1. The summed E-state index contributed by atoms with van der Waals surface area (Å²) in [7, 11) is 0. The Balaban J connectivity index is 2.01. The van der Waals surface area contributed by atoms with Gasteiger partial charge in [-0.05, 0) is 30.2 Å². The van der Waals surface area contributed by atoms with E-state index in [4.69, 9.17) is 0 Å². The molecule has 0 saturated carbocycles. The first kappa shape index (κ1) is 9.90. The Morgan fingerprint density at radius 3 is 2.88 bits per heavy atom. The van der Waals surface area contributed by atoms with E-state index in [-0.39, 0.29) is 5.75 Å². The van der Waals surface area contributed by atoms with Gasteiger partial charge in [0, 0.05) is 5.56 Å². The van der Waals surface area contributed by atoms with Crippen LogP contribution in [0.4, 0.5) is 0 Å². The summed E-state index contributed by atoms with van der Waals surface area (Å²) in [5.41, 5.74) is 3.65. The van der Waals surface area contributed by atoms with Crippen LogP contribution in [0.1, 0.15) is 12.1 Å². The van der Waals surface area contributed by atoms with Gasteiger partial charge in [-0.3, -0.25) is 5.10 Å². The molecule has 0 amide bonds. The van der Waals surface area contributed by atoms with Crippen LogP contribution >= 0.6 is 0 Å². The average molecular weight is 224 g/mol. The van der Waals surface area contributed by atoms with Crippen LogP contribution in [-0.4, -0.2) is 15.3 Å². The van der Waals surface area contributed by atoms with Gasteiger partial charge in [0.1, 0.15) is 5.75 Å². The van der Waals surface area contributed by atoms with E-state index in [1.165, 1.54) is 0 Å². The van der Waals surface area contributed by atoms with Gasteiger partial charge in [0.2, 0.25) is 0 Å². The van der Waals surface area contributed by atoms with Crippen molar-refractivity contribution in [1.82, 2.24) is 10.2 Å². The number of allylic oxidation sites excluding steroid dienone is 4. The monoisotopic (exact) mass is 224 g/mol. The van der Waals surface area contributed by atoms with Crippen LogP contribution < -0.4 is 0 Å². The molecule has 0 spiro atoms. The standard InChI is InChI=1S/C14H12N2O/c17-14-8-4-3-7-11(14)13-9-12(15-16-13)10-5-1-2-6-10/h1,3-9,17H,2H2,(H,15,16). The average Bonchev–Trinajstić information content (AvgIpc) is 3.00. The predicted octanol–water partition coefficient (Wildman–Crippen LogP) is 3.13. The first-order chi connectivity index (χ1) is 8.34. The number of phenolic OH excluding ortho intramolecular Hbond substituents is 1. The number of aromatic nitrogens is 2. The van der Waals surface area contributed by atoms with Crippen molar-refractivity contribution in [3.8, 4) is 17.0 Å². The SMILES string of the molecule is Oc1ccccc1-c1cc(C2=CCC=C2)[nH]n1. The van der Waals surface area contributed by atoms with Gasteiger partial charge >= 0.3 is 0 Å². The Hall–Kier alpha value is -2.29. The van der Waals surface area contributed by atoms with Crippen molar-refractivity contribution in [2.45, 2.75) is 6.42 Å². The second-order valence-corrected chi connectivity index (χ2v) is 3.98. The molecule has 1 heterocycles. The van der Waals surface area contributed by atoms with E-state index in [0.29, 0.717) is 0 Å². The highest BCUT2D eigenvalue weighted by atomic mass is 16.3. The van der Waals surface area contributed by atoms with Crippen molar-refractivity contribution in [2.24, 2.45) is 0 Å². The maximum atomic E-state index is 9.76. The predicted molar refractivity (Wildman–Crippen MR) is 67.4 cm³/mol. The van der Waals surface area contributed by atoms with Crippen LogP contribution in [0.25, 0.3) is 16.8 Å². The lowest BCUT2D eigenvalue weighted by Gasteiger charge is -1.98. The molecule has 0 saturated heterocycles. The van der Waals surface area contributed by atoms with Gasteiger partial charge in [-0.1, -0.05) is 30.4 Å². The molecule has 1 aromatic carbocycles. The summed E-state index contributed by atoms with van der Waals surface area (Å²) in [5.74, 6) is 0.251. The second kappa shape index (κ2) is 3.94. The highest BCUT2D eigenvalue weighted by Gasteiger charge is 2.10. The zero-order valence-corrected chi connectivity index (χ0v) is 9.22. The van der Waals surface area contributed by atoms with Gasteiger partial charge in [0.25, 0.3) is 0 Å². The molecule has 84 valence electrons. The Morgan fingerprint density at radius 2 is 2.12 bits per heavy atom. The first-order valence-electron chi connectivity index (χ1n) is 5.55. The van der Waals surface area contributed by atoms with Gasteiger partial charge in [-0.15, -0.1) is 0 Å². The third kappa shape index (κ3) is 1.76. The summed E-state index contributed by atoms with van der Waals surface area (Å²) < 4.78 is 0. The van der Waals surface area contributed by atoms with Crippen LogP contribution in [0.5, 0.6) is 5.75 Å². The summed E-state index contributed by atoms with van der Waals surface area (Å²) in [6.07, 6.45) is 7.29. The molecule has 1 aliphatic rings. The summed E-state index contributed by atoms with van der Waals surface area (Å²) in [6, 6.07) is 9.16. The lowest BCUT2D eigenvalue weighted by Crippen LogP contribution is -1.78. The molecule has 0 fully saturated rings. The molecule has 0 bridgehead atoms. The number of hydrogen-bond donors (Lipinski definition) is 2. The molecular formula is C14H12N2O. The number of aromatic amines is 1. The van der Waals surface area contributed by atoms with Crippen LogP contribution in [0.3, 0.4) is 0 Å². The topological polar surface area (TPSA) is 48.9 Å². The van der Waals surface area contributed by atoms with E-state index in [1.807, 2.05) is 18.2 Å². The molecule has 1 aliphatic carbocycles. The quantitative estimate of drug-likeness (QED) is 0.823. The largest absolute Gasteiger partial charge is 0.507 e. The number of benzene rings is 1. The Kier molecular flexibility index (Phi) is 2.29. The number of phenols is 1. The minimum absolute atomic E-state index is 0.251. The van der Waals surface area contributed by atoms with Crippen LogP contribution in [0.15, 0.2) is 48.6 Å². The van der Waals surface area contributed by atoms with E-state index in [9.17, 15) is 5.11 Å². The van der Waals surface area contributed by atoms with Crippen molar-refractivity contribution in [2.75, 3.05) is 0 Å². The molecule has 3 nitrogen and oxygen atoms in total. The van der Waals surface area contributed by atoms with E-state index in [2.05, 4.69) is 28.4 Å². The maximum absolute atomic E-state index is 9.76. The summed E-state index contributed by atoms with van der Waals surface area (Å²) in [5, 5.41) is 17.0. The Labute approximate surface area is 99.1 Å².